The first-order chi connectivity index (χ1) is 15.2. The van der Waals surface area contributed by atoms with E-state index in [2.05, 4.69) is 15.4 Å². The molecule has 0 aliphatic rings. The monoisotopic (exact) mass is 448 g/mol. The highest BCUT2D eigenvalue weighted by molar-refractivity contribution is 5.91. The van der Waals surface area contributed by atoms with Crippen LogP contribution in [0, 0.1) is 5.92 Å². The SMILES string of the molecule is COCC(=O)Nc1ccc(-n2nc(OCC(C)C)nc2-c2cccc(C(F)(F)F)c2)cc1. The summed E-state index contributed by atoms with van der Waals surface area (Å²) < 4.78 is 51.4. The number of anilines is 1. The molecule has 0 unspecified atom stereocenters. The van der Waals surface area contributed by atoms with Gasteiger partial charge in [-0.15, -0.1) is 5.10 Å². The Morgan fingerprint density at radius 2 is 1.88 bits per heavy atom. The molecule has 0 saturated heterocycles. The predicted octanol–water partition coefficient (Wildman–Crippen LogP) is 4.57. The molecule has 0 aliphatic heterocycles. The van der Waals surface area contributed by atoms with Gasteiger partial charge >= 0.3 is 12.2 Å². The van der Waals surface area contributed by atoms with E-state index in [-0.39, 0.29) is 35.8 Å². The zero-order valence-corrected chi connectivity index (χ0v) is 17.8. The van der Waals surface area contributed by atoms with Gasteiger partial charge in [-0.1, -0.05) is 26.0 Å². The van der Waals surface area contributed by atoms with Crippen LogP contribution in [0.3, 0.4) is 0 Å². The molecule has 32 heavy (non-hydrogen) atoms. The minimum atomic E-state index is -4.49. The van der Waals surface area contributed by atoms with Crippen molar-refractivity contribution >= 4 is 11.6 Å². The van der Waals surface area contributed by atoms with Crippen LogP contribution in [-0.2, 0) is 15.7 Å². The number of hydrogen-bond acceptors (Lipinski definition) is 5. The number of hydrogen-bond donors (Lipinski definition) is 1. The summed E-state index contributed by atoms with van der Waals surface area (Å²) in [6.07, 6.45) is -4.49. The molecule has 0 fully saturated rings. The molecule has 3 aromatic rings. The van der Waals surface area contributed by atoms with E-state index in [0.29, 0.717) is 18.0 Å². The lowest BCUT2D eigenvalue weighted by molar-refractivity contribution is -0.137. The van der Waals surface area contributed by atoms with Gasteiger partial charge in [-0.25, -0.2) is 4.68 Å². The van der Waals surface area contributed by atoms with Crippen molar-refractivity contribution < 1.29 is 27.4 Å². The summed E-state index contributed by atoms with van der Waals surface area (Å²) in [7, 11) is 1.42. The van der Waals surface area contributed by atoms with Crippen LogP contribution in [0.25, 0.3) is 17.1 Å². The third kappa shape index (κ3) is 5.85. The summed E-state index contributed by atoms with van der Waals surface area (Å²) in [4.78, 5) is 16.0. The Morgan fingerprint density at radius 1 is 1.16 bits per heavy atom. The topological polar surface area (TPSA) is 78.3 Å². The van der Waals surface area contributed by atoms with Gasteiger partial charge in [-0.05, 0) is 42.3 Å². The van der Waals surface area contributed by atoms with Crippen molar-refractivity contribution in [2.45, 2.75) is 20.0 Å². The molecule has 1 aromatic heterocycles. The zero-order valence-electron chi connectivity index (χ0n) is 17.8. The Balaban J connectivity index is 1.98. The molecule has 3 rings (SSSR count). The number of nitrogens with zero attached hydrogens (tertiary/aromatic N) is 3. The third-order valence-electron chi connectivity index (χ3n) is 4.25. The zero-order chi connectivity index (χ0) is 23.3. The second-order valence-electron chi connectivity index (χ2n) is 7.44. The summed E-state index contributed by atoms with van der Waals surface area (Å²) in [5, 5.41) is 7.01. The Morgan fingerprint density at radius 3 is 2.50 bits per heavy atom. The van der Waals surface area contributed by atoms with Gasteiger partial charge < -0.3 is 14.8 Å². The largest absolute Gasteiger partial charge is 0.462 e. The van der Waals surface area contributed by atoms with Gasteiger partial charge in [0.15, 0.2) is 5.82 Å². The van der Waals surface area contributed by atoms with Crippen LogP contribution >= 0.6 is 0 Å². The molecule has 0 aliphatic carbocycles. The molecule has 7 nitrogen and oxygen atoms in total. The summed E-state index contributed by atoms with van der Waals surface area (Å²) in [5.41, 5.74) is 0.525. The predicted molar refractivity (Wildman–Crippen MR) is 113 cm³/mol. The van der Waals surface area contributed by atoms with E-state index in [1.165, 1.54) is 23.9 Å². The number of carbonyl (C=O) groups is 1. The van der Waals surface area contributed by atoms with E-state index >= 15 is 0 Å². The van der Waals surface area contributed by atoms with Crippen LogP contribution in [0.4, 0.5) is 18.9 Å². The molecule has 0 radical (unpaired) electrons. The molecule has 0 bridgehead atoms. The van der Waals surface area contributed by atoms with Crippen LogP contribution < -0.4 is 10.1 Å². The average molecular weight is 448 g/mol. The normalized spacial score (nSPS) is 11.6. The minimum absolute atomic E-state index is 0.0589. The maximum atomic E-state index is 13.2. The van der Waals surface area contributed by atoms with Gasteiger partial charge in [-0.3, -0.25) is 4.79 Å². The first-order valence-electron chi connectivity index (χ1n) is 9.84. The van der Waals surface area contributed by atoms with Crippen molar-refractivity contribution in [3.05, 3.63) is 54.1 Å². The average Bonchev–Trinajstić information content (AvgIpc) is 3.17. The number of carbonyl (C=O) groups excluding carboxylic acids is 1. The second kappa shape index (κ2) is 9.82. The lowest BCUT2D eigenvalue weighted by Crippen LogP contribution is -2.17. The van der Waals surface area contributed by atoms with Crippen LogP contribution in [0.1, 0.15) is 19.4 Å². The van der Waals surface area contributed by atoms with Gasteiger partial charge in [0.25, 0.3) is 0 Å². The van der Waals surface area contributed by atoms with Crippen LogP contribution in [0.5, 0.6) is 6.01 Å². The van der Waals surface area contributed by atoms with Crippen molar-refractivity contribution in [3.63, 3.8) is 0 Å². The number of benzene rings is 2. The molecular weight excluding hydrogens is 425 g/mol. The number of rotatable bonds is 8. The molecule has 1 amide bonds. The number of methoxy groups -OCH3 is 1. The number of nitrogens with one attached hydrogen (secondary N) is 1. The smallest absolute Gasteiger partial charge is 0.416 e. The van der Waals surface area contributed by atoms with Crippen molar-refractivity contribution in [1.82, 2.24) is 14.8 Å². The molecule has 0 spiro atoms. The highest BCUT2D eigenvalue weighted by atomic mass is 19.4. The van der Waals surface area contributed by atoms with E-state index in [0.717, 1.165) is 12.1 Å². The minimum Gasteiger partial charge on any atom is -0.462 e. The van der Waals surface area contributed by atoms with Crippen molar-refractivity contribution in [2.24, 2.45) is 5.92 Å². The summed E-state index contributed by atoms with van der Waals surface area (Å²) >= 11 is 0. The lowest BCUT2D eigenvalue weighted by atomic mass is 10.1. The number of aromatic nitrogens is 3. The number of halogens is 3. The quantitative estimate of drug-likeness (QED) is 0.546. The van der Waals surface area contributed by atoms with Crippen molar-refractivity contribution in [3.8, 4) is 23.1 Å². The fourth-order valence-corrected chi connectivity index (χ4v) is 2.81. The molecule has 0 saturated carbocycles. The maximum Gasteiger partial charge on any atom is 0.416 e. The van der Waals surface area contributed by atoms with Crippen molar-refractivity contribution in [1.29, 1.82) is 0 Å². The number of alkyl halides is 3. The third-order valence-corrected chi connectivity index (χ3v) is 4.25. The molecule has 2 aromatic carbocycles. The first-order valence-corrected chi connectivity index (χ1v) is 9.84. The van der Waals surface area contributed by atoms with E-state index in [1.807, 2.05) is 13.8 Å². The van der Waals surface area contributed by atoms with Crippen LogP contribution in [0.15, 0.2) is 48.5 Å². The number of amides is 1. The molecule has 10 heteroatoms. The molecular formula is C22H23F3N4O3. The van der Waals surface area contributed by atoms with Gasteiger partial charge in [0, 0.05) is 18.4 Å². The second-order valence-corrected chi connectivity index (χ2v) is 7.44. The molecule has 0 atom stereocenters. The summed E-state index contributed by atoms with van der Waals surface area (Å²) in [6, 6.07) is 11.6. The highest BCUT2D eigenvalue weighted by Gasteiger charge is 2.31. The first kappa shape index (κ1) is 23.3. The van der Waals surface area contributed by atoms with E-state index in [9.17, 15) is 18.0 Å². The Hall–Kier alpha value is -3.40. The fraction of sp³-hybridized carbons (Fsp3) is 0.318. The molecule has 1 heterocycles. The summed E-state index contributed by atoms with van der Waals surface area (Å²) in [5.74, 6) is 0.106. The van der Waals surface area contributed by atoms with Crippen LogP contribution in [-0.4, -0.2) is 41.0 Å². The standard InChI is InChI=1S/C22H23F3N4O3/c1-14(2)12-32-21-27-20(15-5-4-6-16(11-15)22(23,24)25)29(28-21)18-9-7-17(8-10-18)26-19(30)13-31-3/h4-11,14H,12-13H2,1-3H3,(H,26,30). The Kier molecular flexibility index (Phi) is 7.14. The Labute approximate surface area is 183 Å². The van der Waals surface area contributed by atoms with Gasteiger partial charge in [-0.2, -0.15) is 18.2 Å². The van der Waals surface area contributed by atoms with E-state index < -0.39 is 11.7 Å². The Bertz CT molecular complexity index is 1060. The fourth-order valence-electron chi connectivity index (χ4n) is 2.81. The lowest BCUT2D eigenvalue weighted by Gasteiger charge is -2.10. The molecule has 1 N–H and O–H groups in total. The highest BCUT2D eigenvalue weighted by Crippen LogP contribution is 2.33. The van der Waals surface area contributed by atoms with Gasteiger partial charge in [0.1, 0.15) is 6.61 Å². The maximum absolute atomic E-state index is 13.2. The number of ether oxygens (including phenoxy) is 2. The van der Waals surface area contributed by atoms with E-state index in [4.69, 9.17) is 9.47 Å². The summed E-state index contributed by atoms with van der Waals surface area (Å²) in [6.45, 7) is 4.19. The van der Waals surface area contributed by atoms with Gasteiger partial charge in [0.2, 0.25) is 5.91 Å². The van der Waals surface area contributed by atoms with Gasteiger partial charge in [0.05, 0.1) is 17.9 Å². The van der Waals surface area contributed by atoms with Crippen LogP contribution in [0.2, 0.25) is 0 Å². The molecule has 170 valence electrons. The van der Waals surface area contributed by atoms with Crippen molar-refractivity contribution in [2.75, 3.05) is 25.6 Å². The van der Waals surface area contributed by atoms with E-state index in [1.54, 1.807) is 24.3 Å².